The molecule has 3 heterocycles. The minimum atomic E-state index is 0.773. The summed E-state index contributed by atoms with van der Waals surface area (Å²) in [6.45, 7) is 0.773. The summed E-state index contributed by atoms with van der Waals surface area (Å²) in [5.41, 5.74) is 2.17. The van der Waals surface area contributed by atoms with E-state index in [0.717, 1.165) is 29.4 Å². The highest BCUT2D eigenvalue weighted by molar-refractivity contribution is 5.72. The molecule has 15 heavy (non-hydrogen) atoms. The summed E-state index contributed by atoms with van der Waals surface area (Å²) in [4.78, 5) is 4.28. The summed E-state index contributed by atoms with van der Waals surface area (Å²) in [5.74, 6) is 1.85. The molecule has 1 aliphatic rings. The molecule has 0 unspecified atom stereocenters. The van der Waals surface area contributed by atoms with Gasteiger partial charge in [0.25, 0.3) is 0 Å². The van der Waals surface area contributed by atoms with Crippen molar-refractivity contribution in [2.75, 3.05) is 10.6 Å². The van der Waals surface area contributed by atoms with Crippen molar-refractivity contribution in [3.05, 3.63) is 30.1 Å². The van der Waals surface area contributed by atoms with Gasteiger partial charge in [0.05, 0.1) is 11.9 Å². The van der Waals surface area contributed by atoms with Gasteiger partial charge >= 0.3 is 0 Å². The molecule has 76 valence electrons. The van der Waals surface area contributed by atoms with Gasteiger partial charge in [0.15, 0.2) is 5.82 Å². The molecule has 2 N–H and O–H groups in total. The van der Waals surface area contributed by atoms with Gasteiger partial charge in [0, 0.05) is 25.4 Å². The SMILES string of the molecule is Cn1ncc2c1Nc1ncccc1NC2. The maximum absolute atomic E-state index is 4.28. The largest absolute Gasteiger partial charge is 0.378 e. The molecule has 0 spiro atoms. The molecule has 2 aromatic heterocycles. The molecule has 3 rings (SSSR count). The predicted molar refractivity (Wildman–Crippen MR) is 58.1 cm³/mol. The fourth-order valence-electron chi connectivity index (χ4n) is 1.72. The first kappa shape index (κ1) is 8.28. The molecule has 0 radical (unpaired) electrons. The molecule has 2 aromatic rings. The van der Waals surface area contributed by atoms with Gasteiger partial charge in [0.1, 0.15) is 5.82 Å². The molecular formula is C10H11N5. The number of rotatable bonds is 0. The zero-order valence-electron chi connectivity index (χ0n) is 8.36. The number of hydrogen-bond acceptors (Lipinski definition) is 4. The molecule has 0 saturated carbocycles. The van der Waals surface area contributed by atoms with Crippen LogP contribution in [0.3, 0.4) is 0 Å². The maximum Gasteiger partial charge on any atom is 0.154 e. The molecule has 0 bridgehead atoms. The van der Waals surface area contributed by atoms with Crippen LogP contribution in [0.5, 0.6) is 0 Å². The molecule has 5 nitrogen and oxygen atoms in total. The van der Waals surface area contributed by atoms with Crippen molar-refractivity contribution in [2.45, 2.75) is 6.54 Å². The van der Waals surface area contributed by atoms with Crippen LogP contribution < -0.4 is 10.6 Å². The maximum atomic E-state index is 4.28. The van der Waals surface area contributed by atoms with E-state index in [9.17, 15) is 0 Å². The van der Waals surface area contributed by atoms with Gasteiger partial charge in [-0.2, -0.15) is 5.10 Å². The van der Waals surface area contributed by atoms with Crippen LogP contribution in [-0.4, -0.2) is 14.8 Å². The molecule has 0 aliphatic carbocycles. The molecule has 0 atom stereocenters. The van der Waals surface area contributed by atoms with E-state index in [4.69, 9.17) is 0 Å². The van der Waals surface area contributed by atoms with Gasteiger partial charge in [-0.15, -0.1) is 0 Å². The highest BCUT2D eigenvalue weighted by Crippen LogP contribution is 2.28. The van der Waals surface area contributed by atoms with Crippen molar-refractivity contribution in [1.29, 1.82) is 0 Å². The number of nitrogens with zero attached hydrogens (tertiary/aromatic N) is 3. The lowest BCUT2D eigenvalue weighted by Crippen LogP contribution is -2.01. The molecule has 0 amide bonds. The normalized spacial score (nSPS) is 13.1. The molecule has 0 aromatic carbocycles. The van der Waals surface area contributed by atoms with E-state index >= 15 is 0 Å². The number of aromatic nitrogens is 3. The zero-order valence-corrected chi connectivity index (χ0v) is 8.36. The van der Waals surface area contributed by atoms with Crippen LogP contribution in [0.25, 0.3) is 0 Å². The Balaban J connectivity index is 2.12. The van der Waals surface area contributed by atoms with Crippen molar-refractivity contribution < 1.29 is 0 Å². The van der Waals surface area contributed by atoms with Crippen LogP contribution in [0.15, 0.2) is 24.5 Å². The Bertz CT molecular complexity index is 502. The topological polar surface area (TPSA) is 54.8 Å². The van der Waals surface area contributed by atoms with Crippen LogP contribution in [0, 0.1) is 0 Å². The Morgan fingerprint density at radius 1 is 1.47 bits per heavy atom. The lowest BCUT2D eigenvalue weighted by atomic mass is 10.3. The van der Waals surface area contributed by atoms with Crippen LogP contribution in [0.1, 0.15) is 5.56 Å². The Kier molecular flexibility index (Phi) is 1.65. The first-order valence-corrected chi connectivity index (χ1v) is 4.81. The van der Waals surface area contributed by atoms with Crippen LogP contribution in [0.2, 0.25) is 0 Å². The number of anilines is 3. The average molecular weight is 201 g/mol. The summed E-state index contributed by atoms with van der Waals surface area (Å²) >= 11 is 0. The minimum absolute atomic E-state index is 0.773. The van der Waals surface area contributed by atoms with Crippen molar-refractivity contribution in [2.24, 2.45) is 7.05 Å². The van der Waals surface area contributed by atoms with Crippen molar-refractivity contribution in [1.82, 2.24) is 14.8 Å². The number of aryl methyl sites for hydroxylation is 1. The standard InChI is InChI=1S/C10H11N5/c1-15-10-7(6-13-15)5-12-8-3-2-4-11-9(8)14-10/h2-4,6,12H,5H2,1H3,(H,11,14). The van der Waals surface area contributed by atoms with Crippen LogP contribution >= 0.6 is 0 Å². The monoisotopic (exact) mass is 201 g/mol. The first-order chi connectivity index (χ1) is 7.34. The summed E-state index contributed by atoms with van der Waals surface area (Å²) < 4.78 is 1.82. The average Bonchev–Trinajstić information content (AvgIpc) is 2.51. The minimum Gasteiger partial charge on any atom is -0.378 e. The van der Waals surface area contributed by atoms with Crippen LogP contribution in [0.4, 0.5) is 17.3 Å². The van der Waals surface area contributed by atoms with E-state index in [1.807, 2.05) is 30.1 Å². The second kappa shape index (κ2) is 2.98. The molecular weight excluding hydrogens is 190 g/mol. The zero-order chi connectivity index (χ0) is 10.3. The van der Waals surface area contributed by atoms with Gasteiger partial charge in [-0.25, -0.2) is 4.98 Å². The highest BCUT2D eigenvalue weighted by atomic mass is 15.3. The van der Waals surface area contributed by atoms with Crippen molar-refractivity contribution in [3.63, 3.8) is 0 Å². The van der Waals surface area contributed by atoms with E-state index < -0.39 is 0 Å². The van der Waals surface area contributed by atoms with E-state index in [1.165, 1.54) is 0 Å². The third-order valence-corrected chi connectivity index (χ3v) is 2.53. The van der Waals surface area contributed by atoms with Crippen molar-refractivity contribution >= 4 is 17.3 Å². The van der Waals surface area contributed by atoms with Gasteiger partial charge in [0.2, 0.25) is 0 Å². The Hall–Kier alpha value is -2.04. The highest BCUT2D eigenvalue weighted by Gasteiger charge is 2.15. The fourth-order valence-corrected chi connectivity index (χ4v) is 1.72. The molecule has 0 fully saturated rings. The van der Waals surface area contributed by atoms with Gasteiger partial charge in [-0.05, 0) is 12.1 Å². The Morgan fingerprint density at radius 3 is 3.33 bits per heavy atom. The number of fused-ring (bicyclic) bond motifs is 2. The third kappa shape index (κ3) is 1.24. The lowest BCUT2D eigenvalue weighted by molar-refractivity contribution is 0.776. The molecule has 0 saturated heterocycles. The lowest BCUT2D eigenvalue weighted by Gasteiger charge is -2.07. The van der Waals surface area contributed by atoms with E-state index in [1.54, 1.807) is 6.20 Å². The number of hydrogen-bond donors (Lipinski definition) is 2. The predicted octanol–water partition coefficient (Wildman–Crippen LogP) is 1.48. The van der Waals surface area contributed by atoms with Crippen LogP contribution in [-0.2, 0) is 13.6 Å². The third-order valence-electron chi connectivity index (χ3n) is 2.53. The van der Waals surface area contributed by atoms with E-state index in [2.05, 4.69) is 20.7 Å². The Labute approximate surface area is 87.1 Å². The Morgan fingerprint density at radius 2 is 2.40 bits per heavy atom. The van der Waals surface area contributed by atoms with Gasteiger partial charge in [-0.3, -0.25) is 4.68 Å². The van der Waals surface area contributed by atoms with E-state index in [0.29, 0.717) is 0 Å². The summed E-state index contributed by atoms with van der Waals surface area (Å²) in [5, 5.41) is 10.8. The summed E-state index contributed by atoms with van der Waals surface area (Å²) in [6, 6.07) is 3.93. The molecule has 1 aliphatic heterocycles. The number of nitrogens with one attached hydrogen (secondary N) is 2. The number of pyridine rings is 1. The van der Waals surface area contributed by atoms with Gasteiger partial charge in [-0.1, -0.05) is 0 Å². The quantitative estimate of drug-likeness (QED) is 0.678. The second-order valence-corrected chi connectivity index (χ2v) is 3.52. The first-order valence-electron chi connectivity index (χ1n) is 4.81. The molecule has 5 heteroatoms. The van der Waals surface area contributed by atoms with Gasteiger partial charge < -0.3 is 10.6 Å². The smallest absolute Gasteiger partial charge is 0.154 e. The summed E-state index contributed by atoms with van der Waals surface area (Å²) in [7, 11) is 1.92. The van der Waals surface area contributed by atoms with Crippen molar-refractivity contribution in [3.8, 4) is 0 Å². The summed E-state index contributed by atoms with van der Waals surface area (Å²) in [6.07, 6.45) is 3.64. The second-order valence-electron chi connectivity index (χ2n) is 3.52. The van der Waals surface area contributed by atoms with E-state index in [-0.39, 0.29) is 0 Å². The fraction of sp³-hybridized carbons (Fsp3) is 0.200.